The summed E-state index contributed by atoms with van der Waals surface area (Å²) >= 11 is 0. The van der Waals surface area contributed by atoms with E-state index in [1.807, 2.05) is 12.3 Å². The highest BCUT2D eigenvalue weighted by Crippen LogP contribution is 2.12. The molecule has 2 aromatic rings. The fraction of sp³-hybridized carbons (Fsp3) is 0.312. The Bertz CT molecular complexity index is 554. The van der Waals surface area contributed by atoms with Gasteiger partial charge in [0.1, 0.15) is 0 Å². The van der Waals surface area contributed by atoms with Gasteiger partial charge in [0.25, 0.3) is 0 Å². The van der Waals surface area contributed by atoms with Gasteiger partial charge >= 0.3 is 0 Å². The second kappa shape index (κ2) is 7.03. The third kappa shape index (κ3) is 4.05. The van der Waals surface area contributed by atoms with Gasteiger partial charge in [-0.15, -0.1) is 0 Å². The van der Waals surface area contributed by atoms with Crippen molar-refractivity contribution in [2.24, 2.45) is 5.73 Å². The molecule has 0 radical (unpaired) electrons. The van der Waals surface area contributed by atoms with E-state index in [0.29, 0.717) is 6.54 Å². The number of benzene rings is 1. The molecule has 0 aliphatic carbocycles. The Morgan fingerprint density at radius 1 is 1.25 bits per heavy atom. The Kier molecular flexibility index (Phi) is 5.09. The molecule has 1 heterocycles. The Labute approximate surface area is 120 Å². The van der Waals surface area contributed by atoms with Gasteiger partial charge in [-0.1, -0.05) is 35.9 Å². The summed E-state index contributed by atoms with van der Waals surface area (Å²) in [4.78, 5) is 2.19. The summed E-state index contributed by atoms with van der Waals surface area (Å²) < 4.78 is 0. The number of H-pyrrole nitrogens is 1. The first-order chi connectivity index (χ1) is 9.69. The molecule has 20 heavy (non-hydrogen) atoms. The second-order valence-electron chi connectivity index (χ2n) is 5.07. The van der Waals surface area contributed by atoms with Crippen molar-refractivity contribution in [3.8, 4) is 0 Å². The molecule has 2 rings (SSSR count). The van der Waals surface area contributed by atoms with Gasteiger partial charge in [-0.2, -0.15) is 5.10 Å². The fourth-order valence-corrected chi connectivity index (χ4v) is 2.04. The number of hydrogen-bond donors (Lipinski definition) is 2. The molecule has 4 nitrogen and oxygen atoms in total. The number of aromatic nitrogens is 2. The SMILES string of the molecule is Cc1ccc(/C=C/c2n[nH]cc2CN(C)CCN)cc1. The van der Waals surface area contributed by atoms with Crippen molar-refractivity contribution in [1.29, 1.82) is 0 Å². The third-order valence-corrected chi connectivity index (χ3v) is 3.21. The predicted octanol–water partition coefficient (Wildman–Crippen LogP) is 2.28. The van der Waals surface area contributed by atoms with Crippen molar-refractivity contribution in [1.82, 2.24) is 15.1 Å². The lowest BCUT2D eigenvalue weighted by Gasteiger charge is -2.14. The zero-order valence-corrected chi connectivity index (χ0v) is 12.1. The van der Waals surface area contributed by atoms with Gasteiger partial charge < -0.3 is 10.6 Å². The fourth-order valence-electron chi connectivity index (χ4n) is 2.04. The van der Waals surface area contributed by atoms with Crippen LogP contribution < -0.4 is 5.73 Å². The number of nitrogens with two attached hydrogens (primary N) is 1. The Hall–Kier alpha value is -1.91. The summed E-state index contributed by atoms with van der Waals surface area (Å²) in [5, 5.41) is 7.22. The van der Waals surface area contributed by atoms with Crippen LogP contribution in [0.15, 0.2) is 30.5 Å². The first-order valence-corrected chi connectivity index (χ1v) is 6.85. The molecule has 0 saturated carbocycles. The van der Waals surface area contributed by atoms with E-state index in [9.17, 15) is 0 Å². The molecule has 0 saturated heterocycles. The highest BCUT2D eigenvalue weighted by atomic mass is 15.1. The topological polar surface area (TPSA) is 57.9 Å². The minimum absolute atomic E-state index is 0.670. The third-order valence-electron chi connectivity index (χ3n) is 3.21. The lowest BCUT2D eigenvalue weighted by atomic mass is 10.1. The Morgan fingerprint density at radius 3 is 2.70 bits per heavy atom. The van der Waals surface area contributed by atoms with Crippen molar-refractivity contribution in [3.63, 3.8) is 0 Å². The first-order valence-electron chi connectivity index (χ1n) is 6.85. The summed E-state index contributed by atoms with van der Waals surface area (Å²) in [5.41, 5.74) is 10.2. The first kappa shape index (κ1) is 14.5. The van der Waals surface area contributed by atoms with Crippen LogP contribution in [-0.2, 0) is 6.54 Å². The summed E-state index contributed by atoms with van der Waals surface area (Å²) in [6, 6.07) is 8.44. The van der Waals surface area contributed by atoms with Crippen LogP contribution in [0, 0.1) is 6.92 Å². The maximum absolute atomic E-state index is 5.56. The van der Waals surface area contributed by atoms with Crippen molar-refractivity contribution in [2.45, 2.75) is 13.5 Å². The smallest absolute Gasteiger partial charge is 0.0893 e. The van der Waals surface area contributed by atoms with Gasteiger partial charge in [0.05, 0.1) is 5.69 Å². The van der Waals surface area contributed by atoms with E-state index < -0.39 is 0 Å². The van der Waals surface area contributed by atoms with Gasteiger partial charge in [0.2, 0.25) is 0 Å². The van der Waals surface area contributed by atoms with Crippen LogP contribution in [-0.4, -0.2) is 35.2 Å². The highest BCUT2D eigenvalue weighted by molar-refractivity contribution is 5.69. The number of nitrogens with zero attached hydrogens (tertiary/aromatic N) is 2. The van der Waals surface area contributed by atoms with E-state index in [4.69, 9.17) is 5.73 Å². The van der Waals surface area contributed by atoms with E-state index >= 15 is 0 Å². The van der Waals surface area contributed by atoms with Crippen LogP contribution in [0.2, 0.25) is 0 Å². The van der Waals surface area contributed by atoms with Crippen LogP contribution in [0.1, 0.15) is 22.4 Å². The van der Waals surface area contributed by atoms with Crippen molar-refractivity contribution in [2.75, 3.05) is 20.1 Å². The van der Waals surface area contributed by atoms with Crippen molar-refractivity contribution >= 4 is 12.2 Å². The van der Waals surface area contributed by atoms with Gasteiger partial charge in [0, 0.05) is 31.4 Å². The van der Waals surface area contributed by atoms with Gasteiger partial charge in [0.15, 0.2) is 0 Å². The molecule has 1 aromatic heterocycles. The standard InChI is InChI=1S/C16H22N4/c1-13-3-5-14(6-4-13)7-8-16-15(11-18-19-16)12-20(2)10-9-17/h3-8,11H,9-10,12,17H2,1-2H3,(H,18,19)/b8-7+. The van der Waals surface area contributed by atoms with Gasteiger partial charge in [-0.25, -0.2) is 0 Å². The largest absolute Gasteiger partial charge is 0.329 e. The summed E-state index contributed by atoms with van der Waals surface area (Å²) in [6.45, 7) is 4.49. The summed E-state index contributed by atoms with van der Waals surface area (Å²) in [7, 11) is 2.06. The number of hydrogen-bond acceptors (Lipinski definition) is 3. The van der Waals surface area contributed by atoms with Crippen LogP contribution in [0.3, 0.4) is 0 Å². The molecule has 106 valence electrons. The molecule has 0 aliphatic heterocycles. The molecule has 0 bridgehead atoms. The summed E-state index contributed by atoms with van der Waals surface area (Å²) in [5.74, 6) is 0. The van der Waals surface area contributed by atoms with Crippen molar-refractivity contribution in [3.05, 3.63) is 52.8 Å². The van der Waals surface area contributed by atoms with Gasteiger partial charge in [-0.3, -0.25) is 5.10 Å². The lowest BCUT2D eigenvalue weighted by molar-refractivity contribution is 0.336. The molecule has 0 aliphatic rings. The van der Waals surface area contributed by atoms with Crippen LogP contribution >= 0.6 is 0 Å². The lowest BCUT2D eigenvalue weighted by Crippen LogP contribution is -2.25. The summed E-state index contributed by atoms with van der Waals surface area (Å²) in [6.07, 6.45) is 6.08. The van der Waals surface area contributed by atoms with Gasteiger partial charge in [-0.05, 0) is 25.6 Å². The molecule has 4 heteroatoms. The number of likely N-dealkylation sites (N-methyl/N-ethyl adjacent to an activating group) is 1. The quantitative estimate of drug-likeness (QED) is 0.846. The molecule has 0 atom stereocenters. The molecule has 0 amide bonds. The van der Waals surface area contributed by atoms with E-state index in [1.54, 1.807) is 0 Å². The zero-order valence-electron chi connectivity index (χ0n) is 12.1. The molecule has 0 spiro atoms. The van der Waals surface area contributed by atoms with Crippen LogP contribution in [0.5, 0.6) is 0 Å². The minimum atomic E-state index is 0.670. The molecule has 0 unspecified atom stereocenters. The normalized spacial score (nSPS) is 11.6. The number of nitrogens with one attached hydrogen (secondary N) is 1. The molecule has 1 aromatic carbocycles. The number of rotatable bonds is 6. The maximum Gasteiger partial charge on any atom is 0.0893 e. The molecule has 0 fully saturated rings. The van der Waals surface area contributed by atoms with E-state index in [1.165, 1.54) is 16.7 Å². The second-order valence-corrected chi connectivity index (χ2v) is 5.07. The highest BCUT2D eigenvalue weighted by Gasteiger charge is 2.05. The Morgan fingerprint density at radius 2 is 2.00 bits per heavy atom. The molecular formula is C16H22N4. The van der Waals surface area contributed by atoms with E-state index in [-0.39, 0.29) is 0 Å². The number of aryl methyl sites for hydroxylation is 1. The Balaban J connectivity index is 2.06. The zero-order chi connectivity index (χ0) is 14.4. The predicted molar refractivity (Wildman–Crippen MR) is 84.1 cm³/mol. The van der Waals surface area contributed by atoms with Crippen LogP contribution in [0.25, 0.3) is 12.2 Å². The van der Waals surface area contributed by atoms with Crippen LogP contribution in [0.4, 0.5) is 0 Å². The average Bonchev–Trinajstić information content (AvgIpc) is 2.86. The monoisotopic (exact) mass is 270 g/mol. The number of aromatic amines is 1. The van der Waals surface area contributed by atoms with E-state index in [2.05, 4.69) is 59.4 Å². The maximum atomic E-state index is 5.56. The molecule has 3 N–H and O–H groups in total. The van der Waals surface area contributed by atoms with Crippen molar-refractivity contribution < 1.29 is 0 Å². The molecular weight excluding hydrogens is 248 g/mol. The average molecular weight is 270 g/mol. The minimum Gasteiger partial charge on any atom is -0.329 e. The van der Waals surface area contributed by atoms with E-state index in [0.717, 1.165) is 18.8 Å².